The molecule has 3 rings (SSSR count). The van der Waals surface area contributed by atoms with E-state index in [1.165, 1.54) is 6.42 Å². The number of hydrogen-bond acceptors (Lipinski definition) is 4. The van der Waals surface area contributed by atoms with Crippen LogP contribution in [0.2, 0.25) is 0 Å². The normalized spacial score (nSPS) is 54.0. The van der Waals surface area contributed by atoms with Crippen LogP contribution in [-0.4, -0.2) is 18.0 Å². The average Bonchev–Trinajstić information content (AvgIpc) is 2.46. The molecule has 0 radical (unpaired) electrons. The third kappa shape index (κ3) is 2.00. The van der Waals surface area contributed by atoms with E-state index in [0.29, 0.717) is 17.8 Å². The molecule has 1 aliphatic carbocycles. The molecule has 3 fully saturated rings. The molecule has 19 heavy (non-hydrogen) atoms. The molecule has 2 saturated heterocycles. The fourth-order valence-corrected chi connectivity index (χ4v) is 4.54. The van der Waals surface area contributed by atoms with Crippen LogP contribution >= 0.6 is 0 Å². The predicted molar refractivity (Wildman–Crippen MR) is 70.8 cm³/mol. The van der Waals surface area contributed by atoms with Crippen molar-refractivity contribution in [3.63, 3.8) is 0 Å². The van der Waals surface area contributed by atoms with Gasteiger partial charge in [-0.05, 0) is 43.9 Å². The van der Waals surface area contributed by atoms with Crippen molar-refractivity contribution < 1.29 is 14.3 Å². The Morgan fingerprint density at radius 1 is 1.11 bits per heavy atom. The Morgan fingerprint density at radius 2 is 1.79 bits per heavy atom. The summed E-state index contributed by atoms with van der Waals surface area (Å²) in [5, 5.41) is 0. The van der Waals surface area contributed by atoms with E-state index >= 15 is 0 Å². The van der Waals surface area contributed by atoms with Gasteiger partial charge in [0.05, 0.1) is 12.0 Å². The predicted octanol–water partition coefficient (Wildman–Crippen LogP) is 2.27. The van der Waals surface area contributed by atoms with Gasteiger partial charge in [-0.15, -0.1) is 0 Å². The first-order valence-corrected chi connectivity index (χ1v) is 7.62. The molecule has 0 spiro atoms. The van der Waals surface area contributed by atoms with Crippen LogP contribution in [0.3, 0.4) is 0 Å². The molecule has 0 aromatic rings. The van der Waals surface area contributed by atoms with Crippen molar-refractivity contribution in [1.82, 2.24) is 0 Å². The molecule has 2 aliphatic heterocycles. The molecule has 4 heteroatoms. The summed E-state index contributed by atoms with van der Waals surface area (Å²) in [5.41, 5.74) is 6.39. The molecule has 0 aromatic heterocycles. The van der Waals surface area contributed by atoms with E-state index in [0.717, 1.165) is 19.3 Å². The van der Waals surface area contributed by atoms with E-state index in [1.54, 1.807) is 0 Å². The average molecular weight is 267 g/mol. The van der Waals surface area contributed by atoms with Gasteiger partial charge in [0.1, 0.15) is 0 Å². The quantitative estimate of drug-likeness (QED) is 0.684. The number of hydrogen-bond donors (Lipinski definition) is 1. The zero-order valence-corrected chi connectivity index (χ0v) is 12.1. The zero-order valence-electron chi connectivity index (χ0n) is 12.1. The van der Waals surface area contributed by atoms with E-state index in [4.69, 9.17) is 15.2 Å². The smallest absolute Gasteiger partial charge is 0.312 e. The Balaban J connectivity index is 2.01. The molecule has 0 aromatic carbocycles. The molecule has 1 saturated carbocycles. The van der Waals surface area contributed by atoms with E-state index in [1.807, 2.05) is 13.8 Å². The summed E-state index contributed by atoms with van der Waals surface area (Å²) in [7, 11) is 0. The summed E-state index contributed by atoms with van der Waals surface area (Å²) < 4.78 is 11.5. The second kappa shape index (κ2) is 4.45. The van der Waals surface area contributed by atoms with E-state index in [-0.39, 0.29) is 23.9 Å². The number of carbonyl (C=O) groups is 1. The number of rotatable bonds is 0. The molecule has 7 atom stereocenters. The molecule has 2 N–H and O–H groups in total. The van der Waals surface area contributed by atoms with Gasteiger partial charge in [0, 0.05) is 5.92 Å². The van der Waals surface area contributed by atoms with Gasteiger partial charge in [0.2, 0.25) is 0 Å². The van der Waals surface area contributed by atoms with Crippen LogP contribution in [0.5, 0.6) is 0 Å². The van der Waals surface area contributed by atoms with E-state index < -0.39 is 5.91 Å². The lowest BCUT2D eigenvalue weighted by Crippen LogP contribution is -2.64. The highest BCUT2D eigenvalue weighted by molar-refractivity contribution is 5.73. The first-order valence-electron chi connectivity index (χ1n) is 7.62. The van der Waals surface area contributed by atoms with E-state index in [9.17, 15) is 4.79 Å². The van der Waals surface area contributed by atoms with Crippen LogP contribution in [0, 0.1) is 29.6 Å². The third-order valence-corrected chi connectivity index (χ3v) is 5.64. The molecule has 3 aliphatic rings. The van der Waals surface area contributed by atoms with Crippen molar-refractivity contribution in [3.05, 3.63) is 0 Å². The van der Waals surface area contributed by atoms with Crippen molar-refractivity contribution in [3.8, 4) is 0 Å². The Kier molecular flexibility index (Phi) is 3.13. The second-order valence-corrected chi connectivity index (χ2v) is 6.85. The largest absolute Gasteiger partial charge is 0.418 e. The molecular formula is C15H25NO3. The summed E-state index contributed by atoms with van der Waals surface area (Å²) in [6.45, 7) is 6.31. The summed E-state index contributed by atoms with van der Waals surface area (Å²) in [6.07, 6.45) is 4.45. The van der Waals surface area contributed by atoms with Gasteiger partial charge < -0.3 is 9.47 Å². The van der Waals surface area contributed by atoms with E-state index in [2.05, 4.69) is 6.92 Å². The third-order valence-electron chi connectivity index (χ3n) is 5.64. The minimum absolute atomic E-state index is 0.0475. The molecule has 0 amide bonds. The van der Waals surface area contributed by atoms with Crippen LogP contribution in [0.15, 0.2) is 0 Å². The Labute approximate surface area is 115 Å². The zero-order chi connectivity index (χ0) is 13.8. The second-order valence-electron chi connectivity index (χ2n) is 6.85. The minimum atomic E-state index is -1.19. The fraction of sp³-hybridized carbons (Fsp3) is 0.933. The van der Waals surface area contributed by atoms with Gasteiger partial charge in [-0.1, -0.05) is 20.3 Å². The monoisotopic (exact) mass is 267 g/mol. The number of nitrogens with two attached hydrogens (primary N) is 1. The van der Waals surface area contributed by atoms with Gasteiger partial charge in [-0.25, -0.2) is 0 Å². The van der Waals surface area contributed by atoms with Crippen LogP contribution in [0.25, 0.3) is 0 Å². The lowest BCUT2D eigenvalue weighted by molar-refractivity contribution is -0.304. The Bertz CT molecular complexity index is 386. The maximum absolute atomic E-state index is 12.1. The maximum atomic E-state index is 12.1. The molecule has 6 unspecified atom stereocenters. The van der Waals surface area contributed by atoms with Crippen LogP contribution in [0.4, 0.5) is 0 Å². The first-order chi connectivity index (χ1) is 8.92. The lowest BCUT2D eigenvalue weighted by Gasteiger charge is -2.52. The molecular weight excluding hydrogens is 242 g/mol. The summed E-state index contributed by atoms with van der Waals surface area (Å²) in [4.78, 5) is 12.1. The topological polar surface area (TPSA) is 61.5 Å². The van der Waals surface area contributed by atoms with Gasteiger partial charge in [0.15, 0.2) is 0 Å². The Morgan fingerprint density at radius 3 is 2.53 bits per heavy atom. The van der Waals surface area contributed by atoms with Gasteiger partial charge in [-0.3, -0.25) is 10.5 Å². The van der Waals surface area contributed by atoms with Crippen LogP contribution in [-0.2, 0) is 14.3 Å². The summed E-state index contributed by atoms with van der Waals surface area (Å²) >= 11 is 0. The molecule has 2 heterocycles. The number of ether oxygens (including phenoxy) is 2. The highest BCUT2D eigenvalue weighted by Gasteiger charge is 2.59. The summed E-state index contributed by atoms with van der Waals surface area (Å²) in [6, 6.07) is 0. The van der Waals surface area contributed by atoms with Gasteiger partial charge in [-0.2, -0.15) is 0 Å². The van der Waals surface area contributed by atoms with Crippen molar-refractivity contribution >= 4 is 5.97 Å². The molecule has 4 nitrogen and oxygen atoms in total. The van der Waals surface area contributed by atoms with Crippen LogP contribution < -0.4 is 5.73 Å². The standard InChI is InChI=1S/C15H25NO3/c1-8-4-6-12-10(3)14(17)19-15(16)13(12)11(8)7-5-9(2)18-15/h8-13H,4-7,16H2,1-3H3/t8-,9?,10?,11?,12?,13?,15?/m1/s1. The number of carbonyl (C=O) groups excluding carboxylic acids is 1. The SMILES string of the molecule is CC1CCC2C3C(CC[C@H]2C)C(C)C(=O)OC3(N)O1. The Hall–Kier alpha value is -0.610. The molecule has 108 valence electrons. The van der Waals surface area contributed by atoms with Crippen LogP contribution in [0.1, 0.15) is 46.5 Å². The highest BCUT2D eigenvalue weighted by atomic mass is 16.7. The minimum Gasteiger partial charge on any atom is -0.418 e. The maximum Gasteiger partial charge on any atom is 0.312 e. The van der Waals surface area contributed by atoms with Crippen molar-refractivity contribution in [2.24, 2.45) is 35.3 Å². The lowest BCUT2D eigenvalue weighted by atomic mass is 9.60. The van der Waals surface area contributed by atoms with Crippen molar-refractivity contribution in [2.75, 3.05) is 0 Å². The highest BCUT2D eigenvalue weighted by Crippen LogP contribution is 2.53. The fourth-order valence-electron chi connectivity index (χ4n) is 4.54. The van der Waals surface area contributed by atoms with Crippen molar-refractivity contribution in [1.29, 1.82) is 0 Å². The van der Waals surface area contributed by atoms with Gasteiger partial charge >= 0.3 is 5.97 Å². The van der Waals surface area contributed by atoms with Crippen molar-refractivity contribution in [2.45, 2.75) is 58.5 Å². The number of esters is 1. The van der Waals surface area contributed by atoms with Gasteiger partial charge in [0.25, 0.3) is 5.91 Å². The first kappa shape index (κ1) is 13.4. The summed E-state index contributed by atoms with van der Waals surface area (Å²) in [5.74, 6) is 0.210. The molecule has 0 bridgehead atoms.